The van der Waals surface area contributed by atoms with E-state index in [2.05, 4.69) is 12.2 Å². The monoisotopic (exact) mass is 248 g/mol. The third-order valence-corrected chi connectivity index (χ3v) is 5.78. The normalized spacial score (nSPS) is 22.2. The van der Waals surface area contributed by atoms with Crippen molar-refractivity contribution >= 4 is 10.0 Å². The summed E-state index contributed by atoms with van der Waals surface area (Å²) in [7, 11) is -1.30. The van der Waals surface area contributed by atoms with Gasteiger partial charge in [-0.15, -0.1) is 0 Å². The molecule has 0 bridgehead atoms. The van der Waals surface area contributed by atoms with Crippen LogP contribution in [0.15, 0.2) is 0 Å². The van der Waals surface area contributed by atoms with Gasteiger partial charge in [0.2, 0.25) is 10.0 Å². The lowest BCUT2D eigenvalue weighted by Crippen LogP contribution is -2.45. The summed E-state index contributed by atoms with van der Waals surface area (Å²) in [5.74, 6) is 0.714. The lowest BCUT2D eigenvalue weighted by atomic mass is 9.96. The number of hydrogen-bond acceptors (Lipinski definition) is 3. The summed E-state index contributed by atoms with van der Waals surface area (Å²) in [5, 5.41) is 2.60. The fourth-order valence-electron chi connectivity index (χ4n) is 2.22. The lowest BCUT2D eigenvalue weighted by Gasteiger charge is -2.32. The smallest absolute Gasteiger partial charge is 0.217 e. The Morgan fingerprint density at radius 2 is 1.94 bits per heavy atom. The molecule has 0 aromatic rings. The van der Waals surface area contributed by atoms with Crippen molar-refractivity contribution < 1.29 is 8.42 Å². The average Bonchev–Trinajstić information content (AvgIpc) is 2.29. The van der Waals surface area contributed by atoms with E-state index in [0.717, 1.165) is 12.8 Å². The second-order valence-electron chi connectivity index (χ2n) is 4.66. The maximum atomic E-state index is 12.2. The number of nitrogens with one attached hydrogen (secondary N) is 1. The Balaban J connectivity index is 2.58. The summed E-state index contributed by atoms with van der Waals surface area (Å²) in [6.45, 7) is 5.88. The van der Waals surface area contributed by atoms with E-state index in [1.807, 2.05) is 0 Å². The van der Waals surface area contributed by atoms with E-state index in [4.69, 9.17) is 0 Å². The van der Waals surface area contributed by atoms with Gasteiger partial charge in [0.25, 0.3) is 0 Å². The predicted octanol–water partition coefficient (Wildman–Crippen LogP) is 1.05. The van der Waals surface area contributed by atoms with Crippen molar-refractivity contribution in [1.29, 1.82) is 0 Å². The molecular weight excluding hydrogens is 224 g/mol. The molecule has 0 aromatic carbocycles. The first-order valence-electron chi connectivity index (χ1n) is 6.16. The van der Waals surface area contributed by atoms with Gasteiger partial charge >= 0.3 is 0 Å². The van der Waals surface area contributed by atoms with E-state index >= 15 is 0 Å². The highest BCUT2D eigenvalue weighted by atomic mass is 32.2. The first-order chi connectivity index (χ1) is 7.52. The minimum absolute atomic E-state index is 0.323. The van der Waals surface area contributed by atoms with Crippen LogP contribution in [0, 0.1) is 5.92 Å². The van der Waals surface area contributed by atoms with Gasteiger partial charge in [-0.2, -0.15) is 0 Å². The van der Waals surface area contributed by atoms with Crippen LogP contribution < -0.4 is 5.32 Å². The molecule has 1 aliphatic rings. The Bertz CT molecular complexity index is 295. The predicted molar refractivity (Wildman–Crippen MR) is 66.9 cm³/mol. The molecule has 96 valence electrons. The van der Waals surface area contributed by atoms with Gasteiger partial charge in [-0.3, -0.25) is 0 Å². The Hall–Kier alpha value is -0.130. The van der Waals surface area contributed by atoms with Crippen LogP contribution in [0.3, 0.4) is 0 Å². The van der Waals surface area contributed by atoms with Crippen LogP contribution in [0.25, 0.3) is 0 Å². The van der Waals surface area contributed by atoms with E-state index < -0.39 is 10.0 Å². The van der Waals surface area contributed by atoms with Crippen molar-refractivity contribution in [2.24, 2.45) is 5.92 Å². The van der Waals surface area contributed by atoms with Gasteiger partial charge in [0.05, 0.1) is 5.25 Å². The number of nitrogens with zero attached hydrogens (tertiary/aromatic N) is 1. The summed E-state index contributed by atoms with van der Waals surface area (Å²) < 4.78 is 26.0. The van der Waals surface area contributed by atoms with Crippen LogP contribution in [0.2, 0.25) is 0 Å². The Morgan fingerprint density at radius 3 is 2.38 bits per heavy atom. The molecule has 0 aliphatic carbocycles. The van der Waals surface area contributed by atoms with E-state index in [1.54, 1.807) is 18.3 Å². The molecule has 1 fully saturated rings. The van der Waals surface area contributed by atoms with Gasteiger partial charge in [-0.05, 0) is 32.7 Å². The molecule has 0 aromatic heterocycles. The highest BCUT2D eigenvalue weighted by Gasteiger charge is 2.31. The van der Waals surface area contributed by atoms with E-state index in [1.165, 1.54) is 6.42 Å². The van der Waals surface area contributed by atoms with Crippen molar-refractivity contribution in [3.05, 3.63) is 0 Å². The number of rotatable bonds is 5. The molecule has 4 nitrogen and oxygen atoms in total. The zero-order valence-corrected chi connectivity index (χ0v) is 11.4. The maximum absolute atomic E-state index is 12.2. The largest absolute Gasteiger partial charge is 0.318 e. The number of hydrogen-bond donors (Lipinski definition) is 1. The zero-order valence-electron chi connectivity index (χ0n) is 10.6. The molecule has 0 saturated carbocycles. The fourth-order valence-corrected chi connectivity index (χ4v) is 3.83. The Labute approximate surface area is 99.5 Å². The molecule has 1 heterocycles. The summed E-state index contributed by atoms with van der Waals surface area (Å²) in [4.78, 5) is 0. The number of sulfonamides is 1. The van der Waals surface area contributed by atoms with Crippen LogP contribution in [-0.4, -0.2) is 44.7 Å². The van der Waals surface area contributed by atoms with Gasteiger partial charge in [0, 0.05) is 19.6 Å². The van der Waals surface area contributed by atoms with Gasteiger partial charge in [-0.25, -0.2) is 12.7 Å². The quantitative estimate of drug-likeness (QED) is 0.791. The zero-order chi connectivity index (χ0) is 12.2. The SMILES string of the molecule is CCC1CCN(S(=O)(=O)C(C)CNC)CC1. The van der Waals surface area contributed by atoms with Gasteiger partial charge < -0.3 is 5.32 Å². The summed E-state index contributed by atoms with van der Waals surface area (Å²) in [5.41, 5.74) is 0. The molecule has 0 spiro atoms. The van der Waals surface area contributed by atoms with Crippen molar-refractivity contribution in [2.45, 2.75) is 38.4 Å². The molecule has 0 radical (unpaired) electrons. The fraction of sp³-hybridized carbons (Fsp3) is 1.00. The summed E-state index contributed by atoms with van der Waals surface area (Å²) in [6.07, 6.45) is 3.20. The summed E-state index contributed by atoms with van der Waals surface area (Å²) >= 11 is 0. The topological polar surface area (TPSA) is 49.4 Å². The first kappa shape index (κ1) is 13.9. The molecule has 0 amide bonds. The minimum atomic E-state index is -3.09. The molecule has 5 heteroatoms. The highest BCUT2D eigenvalue weighted by Crippen LogP contribution is 2.23. The van der Waals surface area contributed by atoms with E-state index in [9.17, 15) is 8.42 Å². The molecule has 1 aliphatic heterocycles. The highest BCUT2D eigenvalue weighted by molar-refractivity contribution is 7.89. The molecule has 1 rings (SSSR count). The Morgan fingerprint density at radius 1 is 1.38 bits per heavy atom. The van der Waals surface area contributed by atoms with Crippen molar-refractivity contribution in [3.63, 3.8) is 0 Å². The van der Waals surface area contributed by atoms with Crippen LogP contribution in [0.4, 0.5) is 0 Å². The summed E-state index contributed by atoms with van der Waals surface area (Å²) in [6, 6.07) is 0. The molecule has 16 heavy (non-hydrogen) atoms. The van der Waals surface area contributed by atoms with Gasteiger partial charge in [0.15, 0.2) is 0 Å². The third kappa shape index (κ3) is 3.18. The molecular formula is C11H24N2O2S. The van der Waals surface area contributed by atoms with E-state index in [0.29, 0.717) is 25.6 Å². The van der Waals surface area contributed by atoms with Crippen LogP contribution in [0.1, 0.15) is 33.1 Å². The van der Waals surface area contributed by atoms with E-state index in [-0.39, 0.29) is 5.25 Å². The third-order valence-electron chi connectivity index (χ3n) is 3.51. The minimum Gasteiger partial charge on any atom is -0.318 e. The molecule has 1 saturated heterocycles. The number of piperidine rings is 1. The second-order valence-corrected chi connectivity index (χ2v) is 7.01. The van der Waals surface area contributed by atoms with Crippen molar-refractivity contribution in [1.82, 2.24) is 9.62 Å². The van der Waals surface area contributed by atoms with Crippen molar-refractivity contribution in [3.8, 4) is 0 Å². The van der Waals surface area contributed by atoms with Gasteiger partial charge in [-0.1, -0.05) is 13.3 Å². The van der Waals surface area contributed by atoms with Gasteiger partial charge in [0.1, 0.15) is 0 Å². The van der Waals surface area contributed by atoms with Crippen LogP contribution in [-0.2, 0) is 10.0 Å². The Kier molecular flexibility index (Phi) is 5.21. The average molecular weight is 248 g/mol. The van der Waals surface area contributed by atoms with Crippen molar-refractivity contribution in [2.75, 3.05) is 26.7 Å². The maximum Gasteiger partial charge on any atom is 0.217 e. The molecule has 1 atom stereocenters. The first-order valence-corrected chi connectivity index (χ1v) is 7.66. The lowest BCUT2D eigenvalue weighted by molar-refractivity contribution is 0.267. The molecule has 1 unspecified atom stereocenters. The molecule has 1 N–H and O–H groups in total. The van der Waals surface area contributed by atoms with Crippen LogP contribution in [0.5, 0.6) is 0 Å². The second kappa shape index (κ2) is 5.98. The standard InChI is InChI=1S/C11H24N2O2S/c1-4-11-5-7-13(8-6-11)16(14,15)10(2)9-12-3/h10-12H,4-9H2,1-3H3. The van der Waals surface area contributed by atoms with Crippen LogP contribution >= 0.6 is 0 Å².